The third kappa shape index (κ3) is 4.42. The zero-order chi connectivity index (χ0) is 17.6. The van der Waals surface area contributed by atoms with Crippen LogP contribution in [0.5, 0.6) is 0 Å². The van der Waals surface area contributed by atoms with Crippen LogP contribution in [0, 0.1) is 0 Å². The molecule has 0 atom stereocenters. The van der Waals surface area contributed by atoms with Gasteiger partial charge in [-0.1, -0.05) is 11.8 Å². The van der Waals surface area contributed by atoms with Gasteiger partial charge in [-0.15, -0.1) is 10.2 Å². The minimum absolute atomic E-state index is 0.107. The van der Waals surface area contributed by atoms with E-state index in [9.17, 15) is 9.59 Å². The first kappa shape index (κ1) is 16.7. The summed E-state index contributed by atoms with van der Waals surface area (Å²) in [5, 5.41) is 10.8. The maximum atomic E-state index is 12.0. The van der Waals surface area contributed by atoms with E-state index >= 15 is 0 Å². The molecule has 2 heterocycles. The molecule has 0 saturated carbocycles. The molecule has 3 aromatic rings. The fraction of sp³-hybridized carbons (Fsp3) is 0.0625. The Morgan fingerprint density at radius 3 is 2.48 bits per heavy atom. The second-order valence-corrected chi connectivity index (χ2v) is 5.81. The highest BCUT2D eigenvalue weighted by atomic mass is 32.2. The highest BCUT2D eigenvalue weighted by Gasteiger charge is 2.11. The first-order valence-electron chi connectivity index (χ1n) is 7.18. The van der Waals surface area contributed by atoms with Crippen LogP contribution in [0.15, 0.2) is 58.4 Å². The number of rotatable bonds is 6. The topological polar surface area (TPSA) is 124 Å². The fourth-order valence-electron chi connectivity index (χ4n) is 1.92. The van der Waals surface area contributed by atoms with Crippen LogP contribution in [0.25, 0.3) is 11.5 Å². The van der Waals surface area contributed by atoms with E-state index in [0.29, 0.717) is 22.4 Å². The highest BCUT2D eigenvalue weighted by molar-refractivity contribution is 7.99. The Hall–Kier alpha value is -3.20. The van der Waals surface area contributed by atoms with E-state index in [-0.39, 0.29) is 11.7 Å². The number of pyridine rings is 1. The van der Waals surface area contributed by atoms with Crippen LogP contribution in [-0.2, 0) is 4.79 Å². The summed E-state index contributed by atoms with van der Waals surface area (Å²) in [6.07, 6.45) is 3.26. The number of aromatic nitrogens is 3. The quantitative estimate of drug-likeness (QED) is 0.648. The lowest BCUT2D eigenvalue weighted by molar-refractivity contribution is -0.113. The maximum absolute atomic E-state index is 12.0. The molecule has 3 rings (SSSR count). The van der Waals surface area contributed by atoms with E-state index < -0.39 is 5.91 Å². The summed E-state index contributed by atoms with van der Waals surface area (Å²) >= 11 is 1.13. The number of nitrogens with two attached hydrogens (primary N) is 1. The normalized spacial score (nSPS) is 10.4. The number of benzene rings is 1. The number of amides is 2. The largest absolute Gasteiger partial charge is 0.411 e. The van der Waals surface area contributed by atoms with Crippen LogP contribution >= 0.6 is 11.8 Å². The summed E-state index contributed by atoms with van der Waals surface area (Å²) in [7, 11) is 0. The summed E-state index contributed by atoms with van der Waals surface area (Å²) in [6, 6.07) is 9.82. The highest BCUT2D eigenvalue weighted by Crippen LogP contribution is 2.22. The summed E-state index contributed by atoms with van der Waals surface area (Å²) in [5.74, 6) is -0.280. The Labute approximate surface area is 146 Å². The molecule has 9 heteroatoms. The van der Waals surface area contributed by atoms with Crippen molar-refractivity contribution in [3.63, 3.8) is 0 Å². The first-order chi connectivity index (χ1) is 12.1. The predicted octanol–water partition coefficient (Wildman–Crippen LogP) is 1.96. The third-order valence-electron chi connectivity index (χ3n) is 3.11. The molecule has 0 saturated heterocycles. The molecular formula is C16H13N5O3S. The summed E-state index contributed by atoms with van der Waals surface area (Å²) < 4.78 is 5.49. The summed E-state index contributed by atoms with van der Waals surface area (Å²) in [6.45, 7) is 0. The van der Waals surface area contributed by atoms with Crippen molar-refractivity contribution in [2.45, 2.75) is 5.22 Å². The van der Waals surface area contributed by atoms with Crippen molar-refractivity contribution < 1.29 is 14.0 Å². The van der Waals surface area contributed by atoms with E-state index in [1.807, 2.05) is 0 Å². The van der Waals surface area contributed by atoms with E-state index in [4.69, 9.17) is 10.2 Å². The van der Waals surface area contributed by atoms with Gasteiger partial charge in [0.25, 0.3) is 5.22 Å². The van der Waals surface area contributed by atoms with E-state index in [1.54, 1.807) is 48.8 Å². The van der Waals surface area contributed by atoms with Crippen molar-refractivity contribution in [1.82, 2.24) is 15.2 Å². The van der Waals surface area contributed by atoms with Gasteiger partial charge in [0.15, 0.2) is 0 Å². The SMILES string of the molecule is NC(=O)c1ccc(NC(=O)CSc2nnc(-c3ccncc3)o2)cc1. The molecule has 1 aromatic carbocycles. The second kappa shape index (κ2) is 7.58. The standard InChI is InChI=1S/C16H13N5O3S/c17-14(23)10-1-3-12(4-2-10)19-13(22)9-25-16-21-20-15(24-16)11-5-7-18-8-6-11/h1-8H,9H2,(H2,17,23)(H,19,22). The van der Waals surface area contributed by atoms with E-state index in [1.165, 1.54) is 0 Å². The molecular weight excluding hydrogens is 342 g/mol. The van der Waals surface area contributed by atoms with Gasteiger partial charge in [0, 0.05) is 29.2 Å². The Balaban J connectivity index is 1.54. The van der Waals surface area contributed by atoms with Crippen molar-refractivity contribution in [2.24, 2.45) is 5.73 Å². The number of nitrogens with one attached hydrogen (secondary N) is 1. The minimum atomic E-state index is -0.519. The van der Waals surface area contributed by atoms with Crippen molar-refractivity contribution in [3.05, 3.63) is 54.4 Å². The molecule has 0 radical (unpaired) electrons. The smallest absolute Gasteiger partial charge is 0.277 e. The number of carbonyl (C=O) groups excluding carboxylic acids is 2. The van der Waals surface area contributed by atoms with Crippen LogP contribution in [-0.4, -0.2) is 32.7 Å². The number of primary amides is 1. The maximum Gasteiger partial charge on any atom is 0.277 e. The number of hydrogen-bond acceptors (Lipinski definition) is 7. The summed E-state index contributed by atoms with van der Waals surface area (Å²) in [4.78, 5) is 26.9. The van der Waals surface area contributed by atoms with Gasteiger partial charge < -0.3 is 15.5 Å². The minimum Gasteiger partial charge on any atom is -0.411 e. The number of thioether (sulfide) groups is 1. The van der Waals surface area contributed by atoms with Crippen molar-refractivity contribution in [3.8, 4) is 11.5 Å². The van der Waals surface area contributed by atoms with Crippen LogP contribution in [0.1, 0.15) is 10.4 Å². The van der Waals surface area contributed by atoms with E-state index in [2.05, 4.69) is 20.5 Å². The Kier molecular flexibility index (Phi) is 5.05. The zero-order valence-corrected chi connectivity index (χ0v) is 13.7. The second-order valence-electron chi connectivity index (χ2n) is 4.89. The van der Waals surface area contributed by atoms with Gasteiger partial charge in [-0.25, -0.2) is 0 Å². The number of hydrogen-bond donors (Lipinski definition) is 2. The molecule has 0 aliphatic heterocycles. The monoisotopic (exact) mass is 355 g/mol. The lowest BCUT2D eigenvalue weighted by Crippen LogP contribution is -2.15. The van der Waals surface area contributed by atoms with Crippen LogP contribution in [0.4, 0.5) is 5.69 Å². The molecule has 2 aromatic heterocycles. The molecule has 0 aliphatic rings. The molecule has 25 heavy (non-hydrogen) atoms. The van der Waals surface area contributed by atoms with Crippen LogP contribution in [0.3, 0.4) is 0 Å². The average Bonchev–Trinajstić information content (AvgIpc) is 3.10. The molecule has 0 bridgehead atoms. The Bertz CT molecular complexity index is 880. The van der Waals surface area contributed by atoms with Gasteiger partial charge in [-0.05, 0) is 36.4 Å². The Morgan fingerprint density at radius 1 is 1.08 bits per heavy atom. The van der Waals surface area contributed by atoms with Gasteiger partial charge in [0.1, 0.15) is 0 Å². The number of nitrogens with zero attached hydrogens (tertiary/aromatic N) is 3. The lowest BCUT2D eigenvalue weighted by atomic mass is 10.2. The van der Waals surface area contributed by atoms with E-state index in [0.717, 1.165) is 17.3 Å². The number of carbonyl (C=O) groups is 2. The molecule has 0 fully saturated rings. The fourth-order valence-corrected chi connectivity index (χ4v) is 2.48. The molecule has 3 N–H and O–H groups in total. The first-order valence-corrected chi connectivity index (χ1v) is 8.17. The van der Waals surface area contributed by atoms with Gasteiger partial charge in [-0.2, -0.15) is 0 Å². The molecule has 126 valence electrons. The molecule has 2 amide bonds. The summed E-state index contributed by atoms with van der Waals surface area (Å²) in [5.41, 5.74) is 6.87. The average molecular weight is 355 g/mol. The van der Waals surface area contributed by atoms with Gasteiger partial charge in [-0.3, -0.25) is 14.6 Å². The molecule has 8 nitrogen and oxygen atoms in total. The van der Waals surface area contributed by atoms with Crippen molar-refractivity contribution >= 4 is 29.3 Å². The molecule has 0 aliphatic carbocycles. The zero-order valence-electron chi connectivity index (χ0n) is 12.9. The van der Waals surface area contributed by atoms with Crippen molar-refractivity contribution in [1.29, 1.82) is 0 Å². The van der Waals surface area contributed by atoms with Gasteiger partial charge >= 0.3 is 0 Å². The lowest BCUT2D eigenvalue weighted by Gasteiger charge is -2.04. The van der Waals surface area contributed by atoms with Crippen molar-refractivity contribution in [2.75, 3.05) is 11.1 Å². The van der Waals surface area contributed by atoms with Gasteiger partial charge in [0.2, 0.25) is 17.7 Å². The van der Waals surface area contributed by atoms with Crippen LogP contribution < -0.4 is 11.1 Å². The molecule has 0 unspecified atom stereocenters. The predicted molar refractivity (Wildman–Crippen MR) is 91.8 cm³/mol. The Morgan fingerprint density at radius 2 is 1.80 bits per heavy atom. The van der Waals surface area contributed by atoms with Crippen LogP contribution in [0.2, 0.25) is 0 Å². The third-order valence-corrected chi connectivity index (χ3v) is 3.93. The van der Waals surface area contributed by atoms with Gasteiger partial charge in [0.05, 0.1) is 5.75 Å². The molecule has 0 spiro atoms. The number of anilines is 1.